The Morgan fingerprint density at radius 2 is 1.70 bits per heavy atom. The van der Waals surface area contributed by atoms with Crippen molar-refractivity contribution in [2.24, 2.45) is 0 Å². The third kappa shape index (κ3) is 6.11. The molecule has 2 aromatic rings. The molecule has 0 unspecified atom stereocenters. The second-order valence-corrected chi connectivity index (χ2v) is 7.48. The van der Waals surface area contributed by atoms with Crippen molar-refractivity contribution in [1.82, 2.24) is 9.80 Å². The summed E-state index contributed by atoms with van der Waals surface area (Å²) in [6.07, 6.45) is 0. The number of hydrogen-bond acceptors (Lipinski definition) is 4. The van der Waals surface area contributed by atoms with Gasteiger partial charge >= 0.3 is 0 Å². The van der Waals surface area contributed by atoms with Crippen molar-refractivity contribution in [1.29, 1.82) is 0 Å². The first kappa shape index (κ1) is 20.0. The summed E-state index contributed by atoms with van der Waals surface area (Å²) in [5.41, 5.74) is 1.85. The van der Waals surface area contributed by atoms with E-state index in [-0.39, 0.29) is 5.91 Å². The van der Waals surface area contributed by atoms with Crippen LogP contribution in [0.4, 0.5) is 5.69 Å². The second-order valence-electron chi connectivity index (χ2n) is 6.61. The lowest BCUT2D eigenvalue weighted by Crippen LogP contribution is -2.48. The number of methoxy groups -OCH3 is 1. The first-order valence-corrected chi connectivity index (χ1v) is 9.61. The molecule has 3 rings (SSSR count). The molecule has 1 amide bonds. The van der Waals surface area contributed by atoms with Crippen LogP contribution in [0.3, 0.4) is 0 Å². The van der Waals surface area contributed by atoms with E-state index in [4.69, 9.17) is 27.9 Å². The summed E-state index contributed by atoms with van der Waals surface area (Å²) in [4.78, 5) is 16.8. The van der Waals surface area contributed by atoms with Gasteiger partial charge in [-0.15, -0.1) is 0 Å². The maximum atomic E-state index is 12.3. The molecule has 1 heterocycles. The molecular weight excluding hydrogens is 385 g/mol. The highest BCUT2D eigenvalue weighted by Crippen LogP contribution is 2.22. The lowest BCUT2D eigenvalue weighted by atomic mass is 10.2. The van der Waals surface area contributed by atoms with Gasteiger partial charge in [-0.25, -0.2) is 0 Å². The zero-order valence-corrected chi connectivity index (χ0v) is 16.8. The number of piperazine rings is 1. The Labute approximate surface area is 169 Å². The van der Waals surface area contributed by atoms with Crippen LogP contribution in [0, 0.1) is 0 Å². The standard InChI is InChI=1S/C20H23Cl2N3O2/c1-27-19-4-2-3-15(9-19)13-24-5-7-25(8-6-24)14-20(26)23-18-11-16(21)10-17(22)12-18/h2-4,9-12H,5-8,13-14H2,1H3,(H,23,26). The summed E-state index contributed by atoms with van der Waals surface area (Å²) in [7, 11) is 1.68. The number of anilines is 1. The maximum absolute atomic E-state index is 12.3. The van der Waals surface area contributed by atoms with E-state index in [9.17, 15) is 4.79 Å². The van der Waals surface area contributed by atoms with Crippen molar-refractivity contribution >= 4 is 34.8 Å². The van der Waals surface area contributed by atoms with Crippen molar-refractivity contribution in [2.75, 3.05) is 45.2 Å². The summed E-state index contributed by atoms with van der Waals surface area (Å²) in [6, 6.07) is 13.2. The molecule has 0 aliphatic carbocycles. The zero-order chi connectivity index (χ0) is 19.2. The lowest BCUT2D eigenvalue weighted by Gasteiger charge is -2.34. The zero-order valence-electron chi connectivity index (χ0n) is 15.3. The predicted octanol–water partition coefficient (Wildman–Crippen LogP) is 3.76. The van der Waals surface area contributed by atoms with Crippen molar-refractivity contribution in [3.8, 4) is 5.75 Å². The molecule has 7 heteroatoms. The maximum Gasteiger partial charge on any atom is 0.238 e. The third-order valence-corrected chi connectivity index (χ3v) is 4.96. The van der Waals surface area contributed by atoms with Crippen molar-refractivity contribution < 1.29 is 9.53 Å². The van der Waals surface area contributed by atoms with Gasteiger partial charge < -0.3 is 10.1 Å². The number of carbonyl (C=O) groups is 1. The molecule has 0 atom stereocenters. The molecule has 0 bridgehead atoms. The van der Waals surface area contributed by atoms with E-state index in [1.54, 1.807) is 25.3 Å². The van der Waals surface area contributed by atoms with Crippen LogP contribution >= 0.6 is 23.2 Å². The number of hydrogen-bond donors (Lipinski definition) is 1. The van der Waals surface area contributed by atoms with Crippen LogP contribution in [-0.2, 0) is 11.3 Å². The second kappa shape index (κ2) is 9.42. The van der Waals surface area contributed by atoms with Gasteiger partial charge in [-0.3, -0.25) is 14.6 Å². The number of benzene rings is 2. The fraction of sp³-hybridized carbons (Fsp3) is 0.350. The van der Waals surface area contributed by atoms with E-state index < -0.39 is 0 Å². The predicted molar refractivity (Wildman–Crippen MR) is 110 cm³/mol. The molecule has 27 heavy (non-hydrogen) atoms. The smallest absolute Gasteiger partial charge is 0.238 e. The van der Waals surface area contributed by atoms with Gasteiger partial charge in [0.05, 0.1) is 13.7 Å². The largest absolute Gasteiger partial charge is 0.497 e. The van der Waals surface area contributed by atoms with Crippen LogP contribution in [-0.4, -0.2) is 55.5 Å². The quantitative estimate of drug-likeness (QED) is 0.791. The molecule has 1 saturated heterocycles. The SMILES string of the molecule is COc1cccc(CN2CCN(CC(=O)Nc3cc(Cl)cc(Cl)c3)CC2)c1. The Morgan fingerprint density at radius 1 is 1.04 bits per heavy atom. The average molecular weight is 408 g/mol. The lowest BCUT2D eigenvalue weighted by molar-refractivity contribution is -0.117. The molecule has 0 saturated carbocycles. The van der Waals surface area contributed by atoms with Gasteiger partial charge in [0.25, 0.3) is 0 Å². The summed E-state index contributed by atoms with van der Waals surface area (Å²) in [6.45, 7) is 4.80. The Kier molecular flexibility index (Phi) is 6.96. The van der Waals surface area contributed by atoms with E-state index in [0.717, 1.165) is 38.5 Å². The van der Waals surface area contributed by atoms with Gasteiger partial charge in [0.1, 0.15) is 5.75 Å². The number of nitrogens with zero attached hydrogens (tertiary/aromatic N) is 2. The first-order chi connectivity index (χ1) is 13.0. The van der Waals surface area contributed by atoms with Crippen molar-refractivity contribution in [3.63, 3.8) is 0 Å². The number of rotatable bonds is 6. The molecule has 5 nitrogen and oxygen atoms in total. The fourth-order valence-electron chi connectivity index (χ4n) is 3.16. The van der Waals surface area contributed by atoms with Crippen LogP contribution in [0.15, 0.2) is 42.5 Å². The molecule has 1 aliphatic rings. The molecular formula is C20H23Cl2N3O2. The molecule has 0 radical (unpaired) electrons. The Bertz CT molecular complexity index is 772. The number of carbonyl (C=O) groups excluding carboxylic acids is 1. The molecule has 0 spiro atoms. The monoisotopic (exact) mass is 407 g/mol. The van der Waals surface area contributed by atoms with Crippen LogP contribution in [0.25, 0.3) is 0 Å². The Balaban J connectivity index is 1.45. The molecule has 0 aromatic heterocycles. The number of amides is 1. The van der Waals surface area contributed by atoms with Gasteiger partial charge in [0.2, 0.25) is 5.91 Å². The Morgan fingerprint density at radius 3 is 2.37 bits per heavy atom. The van der Waals surface area contributed by atoms with Gasteiger partial charge in [-0.2, -0.15) is 0 Å². The van der Waals surface area contributed by atoms with E-state index in [0.29, 0.717) is 22.3 Å². The number of halogens is 2. The van der Waals surface area contributed by atoms with Crippen LogP contribution in [0.2, 0.25) is 10.0 Å². The minimum atomic E-state index is -0.0606. The van der Waals surface area contributed by atoms with Crippen molar-refractivity contribution in [3.05, 3.63) is 58.1 Å². The first-order valence-electron chi connectivity index (χ1n) is 8.85. The normalized spacial score (nSPS) is 15.5. The highest BCUT2D eigenvalue weighted by molar-refractivity contribution is 6.35. The summed E-state index contributed by atoms with van der Waals surface area (Å²) in [5.74, 6) is 0.818. The van der Waals surface area contributed by atoms with Crippen LogP contribution < -0.4 is 10.1 Å². The summed E-state index contributed by atoms with van der Waals surface area (Å²) >= 11 is 11.9. The summed E-state index contributed by atoms with van der Waals surface area (Å²) < 4.78 is 5.28. The minimum Gasteiger partial charge on any atom is -0.497 e. The minimum absolute atomic E-state index is 0.0606. The Hall–Kier alpha value is -1.79. The topological polar surface area (TPSA) is 44.8 Å². The molecule has 144 valence electrons. The highest BCUT2D eigenvalue weighted by atomic mass is 35.5. The average Bonchev–Trinajstić information content (AvgIpc) is 2.62. The van der Waals surface area contributed by atoms with Crippen LogP contribution in [0.1, 0.15) is 5.56 Å². The molecule has 1 fully saturated rings. The number of ether oxygens (including phenoxy) is 1. The van der Waals surface area contributed by atoms with Crippen molar-refractivity contribution in [2.45, 2.75) is 6.54 Å². The molecule has 1 N–H and O–H groups in total. The van der Waals surface area contributed by atoms with E-state index >= 15 is 0 Å². The summed E-state index contributed by atoms with van der Waals surface area (Å²) in [5, 5.41) is 3.86. The number of nitrogens with one attached hydrogen (secondary N) is 1. The van der Waals surface area contributed by atoms with Gasteiger partial charge in [0.15, 0.2) is 0 Å². The molecule has 2 aromatic carbocycles. The van der Waals surface area contributed by atoms with E-state index in [1.165, 1.54) is 5.56 Å². The molecule has 1 aliphatic heterocycles. The van der Waals surface area contributed by atoms with E-state index in [2.05, 4.69) is 27.2 Å². The van der Waals surface area contributed by atoms with Gasteiger partial charge in [-0.1, -0.05) is 35.3 Å². The highest BCUT2D eigenvalue weighted by Gasteiger charge is 2.19. The van der Waals surface area contributed by atoms with Gasteiger partial charge in [0, 0.05) is 48.5 Å². The van der Waals surface area contributed by atoms with Crippen LogP contribution in [0.5, 0.6) is 5.75 Å². The fourth-order valence-corrected chi connectivity index (χ4v) is 3.69. The van der Waals surface area contributed by atoms with Gasteiger partial charge in [-0.05, 0) is 35.9 Å². The van der Waals surface area contributed by atoms with E-state index in [1.807, 2.05) is 12.1 Å². The third-order valence-electron chi connectivity index (χ3n) is 4.52.